The molecule has 0 saturated carbocycles. The maximum atomic E-state index is 5.81. The largest absolute Gasteiger partial charge is 0.328 e. The zero-order valence-corrected chi connectivity index (χ0v) is 11.7. The highest BCUT2D eigenvalue weighted by Gasteiger charge is 2.07. The molecule has 2 aromatic carbocycles. The summed E-state index contributed by atoms with van der Waals surface area (Å²) in [5.74, 6) is 0. The minimum absolute atomic E-state index is 0.159. The van der Waals surface area contributed by atoms with E-state index in [4.69, 9.17) is 5.73 Å². The summed E-state index contributed by atoms with van der Waals surface area (Å²) in [6.45, 7) is 2.01. The number of rotatable bonds is 3. The van der Waals surface area contributed by atoms with Crippen LogP contribution in [0.2, 0.25) is 0 Å². The highest BCUT2D eigenvalue weighted by Crippen LogP contribution is 2.27. The van der Waals surface area contributed by atoms with Crippen LogP contribution in [0.4, 0.5) is 0 Å². The average molecular weight is 268 g/mol. The van der Waals surface area contributed by atoms with Crippen molar-refractivity contribution in [3.8, 4) is 10.6 Å². The summed E-state index contributed by atoms with van der Waals surface area (Å²) in [7, 11) is 0. The normalized spacial score (nSPS) is 12.7. The number of hydrogen-bond acceptors (Lipinski definition) is 3. The minimum Gasteiger partial charge on any atom is -0.328 e. The molecule has 0 radical (unpaired) electrons. The van der Waals surface area contributed by atoms with Crippen LogP contribution in [0, 0.1) is 0 Å². The zero-order chi connectivity index (χ0) is 13.2. The van der Waals surface area contributed by atoms with Gasteiger partial charge in [-0.25, -0.2) is 4.98 Å². The lowest BCUT2D eigenvalue weighted by atomic mass is 10.1. The van der Waals surface area contributed by atoms with Crippen LogP contribution >= 0.6 is 11.3 Å². The van der Waals surface area contributed by atoms with Gasteiger partial charge >= 0.3 is 0 Å². The molecule has 3 aromatic rings. The molecule has 2 nitrogen and oxygen atoms in total. The van der Waals surface area contributed by atoms with E-state index in [1.54, 1.807) is 11.3 Å². The van der Waals surface area contributed by atoms with Crippen LogP contribution in [0.25, 0.3) is 21.3 Å². The SMILES string of the molecule is CC(N)Cc1csc(-c2ccc3ccccc3c2)n1. The molecule has 1 aromatic heterocycles. The number of aromatic nitrogens is 1. The van der Waals surface area contributed by atoms with E-state index in [2.05, 4.69) is 52.8 Å². The molecule has 1 heterocycles. The third-order valence-corrected chi connectivity index (χ3v) is 4.02. The van der Waals surface area contributed by atoms with E-state index in [9.17, 15) is 0 Å². The summed E-state index contributed by atoms with van der Waals surface area (Å²) in [5, 5.41) is 5.69. The molecule has 3 heteroatoms. The number of fused-ring (bicyclic) bond motifs is 1. The van der Waals surface area contributed by atoms with Crippen molar-refractivity contribution in [2.75, 3.05) is 0 Å². The van der Waals surface area contributed by atoms with Gasteiger partial charge in [-0.1, -0.05) is 36.4 Å². The average Bonchev–Trinajstić information content (AvgIpc) is 2.86. The van der Waals surface area contributed by atoms with Crippen LogP contribution in [0.1, 0.15) is 12.6 Å². The molecule has 0 amide bonds. The van der Waals surface area contributed by atoms with E-state index in [0.29, 0.717) is 0 Å². The Balaban J connectivity index is 1.97. The quantitative estimate of drug-likeness (QED) is 0.783. The van der Waals surface area contributed by atoms with Gasteiger partial charge in [0.15, 0.2) is 0 Å². The fraction of sp³-hybridized carbons (Fsp3) is 0.188. The van der Waals surface area contributed by atoms with Crippen molar-refractivity contribution in [3.63, 3.8) is 0 Å². The molecule has 2 N–H and O–H groups in total. The van der Waals surface area contributed by atoms with Gasteiger partial charge in [0, 0.05) is 23.4 Å². The van der Waals surface area contributed by atoms with Crippen molar-refractivity contribution in [1.29, 1.82) is 0 Å². The Hall–Kier alpha value is -1.71. The lowest BCUT2D eigenvalue weighted by molar-refractivity contribution is 0.726. The van der Waals surface area contributed by atoms with Gasteiger partial charge in [-0.3, -0.25) is 0 Å². The maximum absolute atomic E-state index is 5.81. The van der Waals surface area contributed by atoms with E-state index in [1.807, 2.05) is 6.92 Å². The molecule has 1 unspecified atom stereocenters. The summed E-state index contributed by atoms with van der Waals surface area (Å²) >= 11 is 1.69. The molecule has 0 aliphatic heterocycles. The second-order valence-electron chi connectivity index (χ2n) is 4.89. The molecule has 0 bridgehead atoms. The molecule has 0 aliphatic rings. The van der Waals surface area contributed by atoms with E-state index in [-0.39, 0.29) is 6.04 Å². The van der Waals surface area contributed by atoms with Crippen molar-refractivity contribution >= 4 is 22.1 Å². The number of benzene rings is 2. The summed E-state index contributed by atoms with van der Waals surface area (Å²) in [5.41, 5.74) is 8.08. The van der Waals surface area contributed by atoms with Crippen molar-refractivity contribution in [2.24, 2.45) is 5.73 Å². The van der Waals surface area contributed by atoms with Gasteiger partial charge in [-0.15, -0.1) is 11.3 Å². The van der Waals surface area contributed by atoms with E-state index < -0.39 is 0 Å². The summed E-state index contributed by atoms with van der Waals surface area (Å²) in [4.78, 5) is 4.67. The molecule has 0 fully saturated rings. The van der Waals surface area contributed by atoms with E-state index in [0.717, 1.165) is 17.1 Å². The lowest BCUT2D eigenvalue weighted by Crippen LogP contribution is -2.17. The monoisotopic (exact) mass is 268 g/mol. The van der Waals surface area contributed by atoms with Crippen molar-refractivity contribution in [1.82, 2.24) is 4.98 Å². The number of nitrogens with two attached hydrogens (primary N) is 1. The molecular weight excluding hydrogens is 252 g/mol. The Morgan fingerprint density at radius 1 is 1.16 bits per heavy atom. The standard InChI is InChI=1S/C16H16N2S/c1-11(17)8-15-10-19-16(18-15)14-7-6-12-4-2-3-5-13(12)9-14/h2-7,9-11H,8,17H2,1H3. The summed E-state index contributed by atoms with van der Waals surface area (Å²) in [6, 6.07) is 15.0. The maximum Gasteiger partial charge on any atom is 0.123 e. The number of hydrogen-bond donors (Lipinski definition) is 1. The Morgan fingerprint density at radius 3 is 2.74 bits per heavy atom. The van der Waals surface area contributed by atoms with Crippen LogP contribution in [-0.4, -0.2) is 11.0 Å². The van der Waals surface area contributed by atoms with Gasteiger partial charge in [-0.2, -0.15) is 0 Å². The Morgan fingerprint density at radius 2 is 1.95 bits per heavy atom. The third kappa shape index (κ3) is 2.67. The predicted octanol–water partition coefficient (Wildman–Crippen LogP) is 3.85. The molecule has 0 spiro atoms. The molecular formula is C16H16N2S. The Bertz CT molecular complexity index is 701. The van der Waals surface area contributed by atoms with Crippen LogP contribution in [0.15, 0.2) is 47.8 Å². The van der Waals surface area contributed by atoms with Crippen LogP contribution in [0.3, 0.4) is 0 Å². The first-order valence-electron chi connectivity index (χ1n) is 6.41. The molecule has 3 rings (SSSR count). The van der Waals surface area contributed by atoms with Gasteiger partial charge in [0.25, 0.3) is 0 Å². The van der Waals surface area contributed by atoms with Crippen LogP contribution < -0.4 is 5.73 Å². The molecule has 1 atom stereocenters. The highest BCUT2D eigenvalue weighted by atomic mass is 32.1. The van der Waals surface area contributed by atoms with E-state index >= 15 is 0 Å². The first-order chi connectivity index (χ1) is 9.22. The lowest BCUT2D eigenvalue weighted by Gasteiger charge is -2.01. The Labute approximate surface area is 116 Å². The summed E-state index contributed by atoms with van der Waals surface area (Å²) in [6.07, 6.45) is 0.837. The number of thiazole rings is 1. The third-order valence-electron chi connectivity index (χ3n) is 3.08. The van der Waals surface area contributed by atoms with Gasteiger partial charge in [0.1, 0.15) is 5.01 Å². The first kappa shape index (κ1) is 12.3. The van der Waals surface area contributed by atoms with Gasteiger partial charge in [-0.05, 0) is 23.8 Å². The second kappa shape index (κ2) is 5.11. The van der Waals surface area contributed by atoms with Crippen LogP contribution in [-0.2, 0) is 6.42 Å². The second-order valence-corrected chi connectivity index (χ2v) is 5.75. The molecule has 19 heavy (non-hydrogen) atoms. The van der Waals surface area contributed by atoms with Crippen molar-refractivity contribution in [3.05, 3.63) is 53.5 Å². The van der Waals surface area contributed by atoms with E-state index in [1.165, 1.54) is 16.3 Å². The first-order valence-corrected chi connectivity index (χ1v) is 7.29. The molecule has 96 valence electrons. The smallest absolute Gasteiger partial charge is 0.123 e. The van der Waals surface area contributed by atoms with Gasteiger partial charge in [0.2, 0.25) is 0 Å². The fourth-order valence-corrected chi connectivity index (χ4v) is 3.02. The fourth-order valence-electron chi connectivity index (χ4n) is 2.19. The zero-order valence-electron chi connectivity index (χ0n) is 10.8. The van der Waals surface area contributed by atoms with Crippen molar-refractivity contribution in [2.45, 2.75) is 19.4 Å². The molecule has 0 saturated heterocycles. The van der Waals surface area contributed by atoms with Crippen molar-refractivity contribution < 1.29 is 0 Å². The topological polar surface area (TPSA) is 38.9 Å². The predicted molar refractivity (Wildman–Crippen MR) is 82.4 cm³/mol. The minimum atomic E-state index is 0.159. The number of nitrogens with zero attached hydrogens (tertiary/aromatic N) is 1. The molecule has 0 aliphatic carbocycles. The van der Waals surface area contributed by atoms with Crippen LogP contribution in [0.5, 0.6) is 0 Å². The van der Waals surface area contributed by atoms with Gasteiger partial charge in [0.05, 0.1) is 5.69 Å². The summed E-state index contributed by atoms with van der Waals surface area (Å²) < 4.78 is 0. The Kier molecular flexibility index (Phi) is 3.32. The highest BCUT2D eigenvalue weighted by molar-refractivity contribution is 7.13. The van der Waals surface area contributed by atoms with Gasteiger partial charge < -0.3 is 5.73 Å².